The topological polar surface area (TPSA) is 36.9 Å². The van der Waals surface area contributed by atoms with Gasteiger partial charge in [-0.15, -0.1) is 0 Å². The smallest absolute Gasteiger partial charge is 0.182 e. The highest BCUT2D eigenvalue weighted by molar-refractivity contribution is 4.60. The maximum atomic E-state index is 5.66. The lowest BCUT2D eigenvalue weighted by Crippen LogP contribution is -2.35. The molecule has 0 aromatic rings. The Kier molecular flexibility index (Phi) is 5.40. The summed E-state index contributed by atoms with van der Waals surface area (Å²) in [6.45, 7) is 2.72. The molecule has 0 bridgehead atoms. The molecule has 1 rings (SSSR count). The van der Waals surface area contributed by atoms with Gasteiger partial charge >= 0.3 is 0 Å². The minimum Gasteiger partial charge on any atom is -0.353 e. The minimum atomic E-state index is -0.319. The summed E-state index contributed by atoms with van der Waals surface area (Å²) in [6.07, 6.45) is 2.75. The summed E-state index contributed by atoms with van der Waals surface area (Å²) >= 11 is 0. The monoisotopic (exact) mass is 204 g/mol. The number of ether oxygens (including phenoxy) is 4. The molecule has 0 radical (unpaired) electrons. The molecule has 1 fully saturated rings. The van der Waals surface area contributed by atoms with Gasteiger partial charge in [-0.05, 0) is 26.2 Å². The summed E-state index contributed by atoms with van der Waals surface area (Å²) in [7, 11) is 3.21. The molecule has 1 heterocycles. The van der Waals surface area contributed by atoms with Crippen molar-refractivity contribution in [2.45, 2.75) is 44.9 Å². The first-order chi connectivity index (χ1) is 6.77. The van der Waals surface area contributed by atoms with Gasteiger partial charge in [0.1, 0.15) is 6.10 Å². The van der Waals surface area contributed by atoms with Gasteiger partial charge < -0.3 is 18.9 Å². The summed E-state index contributed by atoms with van der Waals surface area (Å²) in [5.41, 5.74) is 0. The van der Waals surface area contributed by atoms with Crippen molar-refractivity contribution >= 4 is 0 Å². The standard InChI is InChI=1S/C10H20O4/c1-8(10(11-2)12-3)14-9-6-4-5-7-13-9/h8-10H,4-7H2,1-3H3. The molecule has 0 aliphatic carbocycles. The first-order valence-electron chi connectivity index (χ1n) is 5.10. The van der Waals surface area contributed by atoms with E-state index in [1.807, 2.05) is 6.92 Å². The van der Waals surface area contributed by atoms with Gasteiger partial charge in [0.15, 0.2) is 12.6 Å². The van der Waals surface area contributed by atoms with Crippen molar-refractivity contribution in [3.63, 3.8) is 0 Å². The molecule has 0 saturated carbocycles. The Bertz CT molecular complexity index is 141. The van der Waals surface area contributed by atoms with Gasteiger partial charge in [-0.1, -0.05) is 0 Å². The van der Waals surface area contributed by atoms with Gasteiger partial charge in [-0.25, -0.2) is 0 Å². The van der Waals surface area contributed by atoms with Crippen molar-refractivity contribution in [1.29, 1.82) is 0 Å². The highest BCUT2D eigenvalue weighted by atomic mass is 16.7. The van der Waals surface area contributed by atoms with Gasteiger partial charge in [-0.3, -0.25) is 0 Å². The van der Waals surface area contributed by atoms with E-state index in [1.54, 1.807) is 14.2 Å². The molecule has 14 heavy (non-hydrogen) atoms. The molecule has 0 N–H and O–H groups in total. The Hall–Kier alpha value is -0.160. The van der Waals surface area contributed by atoms with Gasteiger partial charge in [0, 0.05) is 20.8 Å². The van der Waals surface area contributed by atoms with Crippen molar-refractivity contribution in [2.24, 2.45) is 0 Å². The van der Waals surface area contributed by atoms with Crippen LogP contribution >= 0.6 is 0 Å². The fourth-order valence-electron chi connectivity index (χ4n) is 1.60. The Morgan fingerprint density at radius 3 is 2.43 bits per heavy atom. The summed E-state index contributed by atoms with van der Waals surface area (Å²) in [6, 6.07) is 0. The Morgan fingerprint density at radius 1 is 1.21 bits per heavy atom. The van der Waals surface area contributed by atoms with Crippen LogP contribution in [0.4, 0.5) is 0 Å². The largest absolute Gasteiger partial charge is 0.353 e. The van der Waals surface area contributed by atoms with E-state index in [-0.39, 0.29) is 18.7 Å². The predicted octanol–water partition coefficient (Wildman–Crippen LogP) is 1.54. The lowest BCUT2D eigenvalue weighted by atomic mass is 10.2. The molecule has 0 spiro atoms. The first-order valence-corrected chi connectivity index (χ1v) is 5.10. The van der Waals surface area contributed by atoms with E-state index in [0.29, 0.717) is 0 Å². The van der Waals surface area contributed by atoms with Crippen LogP contribution in [-0.4, -0.2) is 39.5 Å². The van der Waals surface area contributed by atoms with E-state index >= 15 is 0 Å². The Balaban J connectivity index is 2.26. The number of methoxy groups -OCH3 is 2. The van der Waals surface area contributed by atoms with Crippen molar-refractivity contribution in [3.8, 4) is 0 Å². The van der Waals surface area contributed by atoms with Crippen LogP contribution < -0.4 is 0 Å². The third-order valence-corrected chi connectivity index (χ3v) is 2.35. The second kappa shape index (κ2) is 6.35. The van der Waals surface area contributed by atoms with Crippen LogP contribution in [0.3, 0.4) is 0 Å². The van der Waals surface area contributed by atoms with Crippen molar-refractivity contribution in [2.75, 3.05) is 20.8 Å². The molecule has 1 saturated heterocycles. The summed E-state index contributed by atoms with van der Waals surface area (Å²) < 4.78 is 21.3. The summed E-state index contributed by atoms with van der Waals surface area (Å²) in [5.74, 6) is 0. The van der Waals surface area contributed by atoms with Crippen molar-refractivity contribution in [1.82, 2.24) is 0 Å². The lowest BCUT2D eigenvalue weighted by Gasteiger charge is -2.28. The lowest BCUT2D eigenvalue weighted by molar-refractivity contribution is -0.245. The zero-order chi connectivity index (χ0) is 10.4. The van der Waals surface area contributed by atoms with Gasteiger partial charge in [0.25, 0.3) is 0 Å². The van der Waals surface area contributed by atoms with Crippen LogP contribution in [0.15, 0.2) is 0 Å². The van der Waals surface area contributed by atoms with E-state index in [4.69, 9.17) is 18.9 Å². The molecular weight excluding hydrogens is 184 g/mol. The molecule has 2 unspecified atom stereocenters. The third-order valence-electron chi connectivity index (χ3n) is 2.35. The van der Waals surface area contributed by atoms with Crippen molar-refractivity contribution in [3.05, 3.63) is 0 Å². The zero-order valence-corrected chi connectivity index (χ0v) is 9.19. The predicted molar refractivity (Wildman–Crippen MR) is 51.9 cm³/mol. The SMILES string of the molecule is COC(OC)C(C)OC1CCCCO1. The number of hydrogen-bond acceptors (Lipinski definition) is 4. The van der Waals surface area contributed by atoms with Gasteiger partial charge in [0.2, 0.25) is 0 Å². The molecule has 1 aliphatic heterocycles. The van der Waals surface area contributed by atoms with E-state index in [0.717, 1.165) is 19.4 Å². The fourth-order valence-corrected chi connectivity index (χ4v) is 1.60. The summed E-state index contributed by atoms with van der Waals surface area (Å²) in [4.78, 5) is 0. The Labute approximate surface area is 85.5 Å². The quantitative estimate of drug-likeness (QED) is 0.636. The van der Waals surface area contributed by atoms with Crippen molar-refractivity contribution < 1.29 is 18.9 Å². The highest BCUT2D eigenvalue weighted by Crippen LogP contribution is 2.17. The van der Waals surface area contributed by atoms with E-state index in [1.165, 1.54) is 6.42 Å². The molecule has 4 nitrogen and oxygen atoms in total. The molecular formula is C10H20O4. The normalized spacial score (nSPS) is 25.3. The average molecular weight is 204 g/mol. The second-order valence-electron chi connectivity index (χ2n) is 3.48. The van der Waals surface area contributed by atoms with Gasteiger partial charge in [0.05, 0.1) is 0 Å². The van der Waals surface area contributed by atoms with Crippen LogP contribution in [0.2, 0.25) is 0 Å². The fraction of sp³-hybridized carbons (Fsp3) is 1.00. The van der Waals surface area contributed by atoms with E-state index in [9.17, 15) is 0 Å². The second-order valence-corrected chi connectivity index (χ2v) is 3.48. The molecule has 84 valence electrons. The number of rotatable bonds is 5. The molecule has 0 amide bonds. The van der Waals surface area contributed by atoms with Crippen LogP contribution in [0.25, 0.3) is 0 Å². The maximum absolute atomic E-state index is 5.66. The molecule has 0 aromatic carbocycles. The van der Waals surface area contributed by atoms with Crippen LogP contribution in [0, 0.1) is 0 Å². The minimum absolute atomic E-state index is 0.0912. The zero-order valence-electron chi connectivity index (χ0n) is 9.19. The van der Waals surface area contributed by atoms with E-state index in [2.05, 4.69) is 0 Å². The summed E-state index contributed by atoms with van der Waals surface area (Å²) in [5, 5.41) is 0. The molecule has 2 atom stereocenters. The number of hydrogen-bond donors (Lipinski definition) is 0. The third kappa shape index (κ3) is 3.53. The van der Waals surface area contributed by atoms with Crippen LogP contribution in [0.1, 0.15) is 26.2 Å². The molecule has 4 heteroatoms. The van der Waals surface area contributed by atoms with E-state index < -0.39 is 0 Å². The average Bonchev–Trinajstić information content (AvgIpc) is 2.21. The Morgan fingerprint density at radius 2 is 1.93 bits per heavy atom. The van der Waals surface area contributed by atoms with Crippen LogP contribution in [0.5, 0.6) is 0 Å². The molecule has 0 aromatic heterocycles. The molecule has 1 aliphatic rings. The van der Waals surface area contributed by atoms with Gasteiger partial charge in [-0.2, -0.15) is 0 Å². The highest BCUT2D eigenvalue weighted by Gasteiger charge is 2.22. The maximum Gasteiger partial charge on any atom is 0.182 e. The first kappa shape index (κ1) is 11.9. The van der Waals surface area contributed by atoms with Crippen LogP contribution in [-0.2, 0) is 18.9 Å².